The second-order valence-electron chi connectivity index (χ2n) is 11.6. The number of benzene rings is 1. The van der Waals surface area contributed by atoms with E-state index in [2.05, 4.69) is 15.6 Å². The normalized spacial score (nSPS) is 19.4. The van der Waals surface area contributed by atoms with Gasteiger partial charge in [0, 0.05) is 43.0 Å². The van der Waals surface area contributed by atoms with Crippen molar-refractivity contribution < 1.29 is 28.7 Å². The minimum atomic E-state index is -4.71. The van der Waals surface area contributed by atoms with Crippen molar-refractivity contribution in [1.82, 2.24) is 20.5 Å². The number of fused-ring (bicyclic) bond motifs is 1. The molecule has 41 heavy (non-hydrogen) atoms. The lowest BCUT2D eigenvalue weighted by atomic mass is 9.97. The molecule has 4 rings (SSSR count). The molecule has 1 saturated heterocycles. The van der Waals surface area contributed by atoms with E-state index in [0.717, 1.165) is 10.9 Å². The van der Waals surface area contributed by atoms with Crippen LogP contribution < -0.4 is 16.4 Å². The standard InChI is InChI=1S/C23H33N4O6P.C6H13N/c1-14(2)11-19(25-23(30)20-9-6-10-27(20)15(3)28)22(29)26-21(34(31,32)33)12-16-13-24-18-8-5-4-7-17(16)18;7-6-4-2-1-3-5-6/h4-5,7-8,13-14,19-21,24H,6,9-12H2,1-3H3,(H,25,30)(H,26,29)(H2,31,32,33);6H,1-5,7H2/t19-,20-,21+;/m0./s1. The smallest absolute Gasteiger partial charge is 0.347 e. The Hall–Kier alpha value is -2.72. The van der Waals surface area contributed by atoms with Gasteiger partial charge in [-0.2, -0.15) is 0 Å². The molecular weight excluding hydrogens is 545 g/mol. The maximum absolute atomic E-state index is 13.1. The number of amides is 3. The lowest BCUT2D eigenvalue weighted by Crippen LogP contribution is -2.54. The van der Waals surface area contributed by atoms with Crippen molar-refractivity contribution in [3.8, 4) is 0 Å². The van der Waals surface area contributed by atoms with Gasteiger partial charge in [-0.05, 0) is 49.7 Å². The first-order valence-corrected chi connectivity index (χ1v) is 16.3. The molecule has 228 valence electrons. The van der Waals surface area contributed by atoms with Crippen LogP contribution in [-0.2, 0) is 25.4 Å². The monoisotopic (exact) mass is 591 g/mol. The van der Waals surface area contributed by atoms with Gasteiger partial charge in [-0.15, -0.1) is 0 Å². The molecule has 2 aliphatic rings. The van der Waals surface area contributed by atoms with Gasteiger partial charge in [-0.1, -0.05) is 51.3 Å². The molecule has 2 heterocycles. The Labute approximate surface area is 242 Å². The van der Waals surface area contributed by atoms with Crippen LogP contribution in [0.4, 0.5) is 0 Å². The molecule has 1 saturated carbocycles. The molecule has 7 N–H and O–H groups in total. The Morgan fingerprint density at radius 2 is 1.76 bits per heavy atom. The number of aromatic nitrogens is 1. The van der Waals surface area contributed by atoms with E-state index >= 15 is 0 Å². The highest BCUT2D eigenvalue weighted by molar-refractivity contribution is 7.52. The zero-order valence-corrected chi connectivity index (χ0v) is 25.2. The quantitative estimate of drug-likeness (QED) is 0.243. The number of nitrogens with one attached hydrogen (secondary N) is 3. The van der Waals surface area contributed by atoms with Crippen molar-refractivity contribution in [2.24, 2.45) is 11.7 Å². The molecule has 1 aliphatic heterocycles. The highest BCUT2D eigenvalue weighted by Gasteiger charge is 2.37. The van der Waals surface area contributed by atoms with Crippen molar-refractivity contribution >= 4 is 36.2 Å². The second-order valence-corrected chi connectivity index (χ2v) is 13.4. The highest BCUT2D eigenvalue weighted by Crippen LogP contribution is 2.42. The maximum Gasteiger partial charge on any atom is 0.347 e. The van der Waals surface area contributed by atoms with Crippen LogP contribution in [0.1, 0.15) is 77.7 Å². The lowest BCUT2D eigenvalue weighted by Gasteiger charge is -2.28. The highest BCUT2D eigenvalue weighted by atomic mass is 31.2. The number of nitrogens with two attached hydrogens (primary N) is 1. The summed E-state index contributed by atoms with van der Waals surface area (Å²) >= 11 is 0. The fourth-order valence-electron chi connectivity index (χ4n) is 5.55. The first-order chi connectivity index (χ1) is 19.4. The van der Waals surface area contributed by atoms with Gasteiger partial charge in [0.15, 0.2) is 0 Å². The number of rotatable bonds is 9. The Morgan fingerprint density at radius 3 is 2.34 bits per heavy atom. The third-order valence-corrected chi connectivity index (χ3v) is 8.88. The summed E-state index contributed by atoms with van der Waals surface area (Å²) in [6.45, 7) is 5.66. The molecule has 0 radical (unpaired) electrons. The van der Waals surface area contributed by atoms with Crippen LogP contribution in [0.15, 0.2) is 30.5 Å². The first kappa shape index (κ1) is 32.8. The Kier molecular flexibility index (Phi) is 12.0. The van der Waals surface area contributed by atoms with Crippen LogP contribution >= 0.6 is 7.60 Å². The summed E-state index contributed by atoms with van der Waals surface area (Å²) in [7, 11) is -4.71. The van der Waals surface area contributed by atoms with E-state index in [1.807, 2.05) is 38.1 Å². The van der Waals surface area contributed by atoms with Gasteiger partial charge in [-0.3, -0.25) is 18.9 Å². The van der Waals surface area contributed by atoms with E-state index in [0.29, 0.717) is 31.0 Å². The summed E-state index contributed by atoms with van der Waals surface area (Å²) in [4.78, 5) is 62.3. The molecule has 11 nitrogen and oxygen atoms in total. The summed E-state index contributed by atoms with van der Waals surface area (Å²) in [5.74, 6) is -2.72. The number of para-hydroxylation sites is 1. The summed E-state index contributed by atoms with van der Waals surface area (Å²) in [5, 5.41) is 6.01. The third-order valence-electron chi connectivity index (χ3n) is 7.75. The van der Waals surface area contributed by atoms with Crippen LogP contribution in [0.5, 0.6) is 0 Å². The van der Waals surface area contributed by atoms with Gasteiger partial charge < -0.3 is 36.0 Å². The van der Waals surface area contributed by atoms with Gasteiger partial charge in [-0.25, -0.2) is 0 Å². The van der Waals surface area contributed by atoms with E-state index in [4.69, 9.17) is 5.73 Å². The molecule has 1 aromatic carbocycles. The van der Waals surface area contributed by atoms with Crippen molar-refractivity contribution in [1.29, 1.82) is 0 Å². The first-order valence-electron chi connectivity index (χ1n) is 14.6. The number of carbonyl (C=O) groups excluding carboxylic acids is 3. The summed E-state index contributed by atoms with van der Waals surface area (Å²) in [6.07, 6.45) is 9.74. The molecule has 3 amide bonds. The third kappa shape index (κ3) is 9.67. The SMILES string of the molecule is CC(=O)N1CCC[C@H]1C(=O)N[C@@H](CC(C)C)C(=O)N[C@@H](Cc1c[nH]c2ccccc12)P(=O)(O)O.NC1CCCCC1. The second kappa shape index (κ2) is 15.0. The largest absolute Gasteiger partial charge is 0.361 e. The van der Waals surface area contributed by atoms with Gasteiger partial charge in [0.1, 0.15) is 17.9 Å². The van der Waals surface area contributed by atoms with Crippen LogP contribution in [0.2, 0.25) is 0 Å². The zero-order valence-electron chi connectivity index (χ0n) is 24.3. The number of hydrogen-bond donors (Lipinski definition) is 6. The summed E-state index contributed by atoms with van der Waals surface area (Å²) < 4.78 is 12.3. The van der Waals surface area contributed by atoms with E-state index in [9.17, 15) is 28.7 Å². The van der Waals surface area contributed by atoms with Crippen molar-refractivity contribution in [2.45, 2.75) is 102 Å². The molecule has 1 aromatic heterocycles. The predicted molar refractivity (Wildman–Crippen MR) is 159 cm³/mol. The van der Waals surface area contributed by atoms with E-state index in [1.165, 1.54) is 43.9 Å². The fraction of sp³-hybridized carbons (Fsp3) is 0.621. The minimum absolute atomic E-state index is 0.0330. The number of hydrogen-bond acceptors (Lipinski definition) is 5. The van der Waals surface area contributed by atoms with Crippen LogP contribution in [-0.4, -0.2) is 67.8 Å². The van der Waals surface area contributed by atoms with Crippen molar-refractivity contribution in [2.75, 3.05) is 6.54 Å². The molecule has 1 aliphatic carbocycles. The number of H-pyrrole nitrogens is 1. The molecule has 0 bridgehead atoms. The molecule has 0 unspecified atom stereocenters. The predicted octanol–water partition coefficient (Wildman–Crippen LogP) is 3.15. The van der Waals surface area contributed by atoms with Crippen LogP contribution in [0.25, 0.3) is 10.9 Å². The van der Waals surface area contributed by atoms with Crippen molar-refractivity contribution in [3.63, 3.8) is 0 Å². The molecule has 2 fully saturated rings. The van der Waals surface area contributed by atoms with Crippen LogP contribution in [0, 0.1) is 5.92 Å². The molecule has 3 atom stereocenters. The fourth-order valence-corrected chi connectivity index (χ4v) is 6.28. The Bertz CT molecular complexity index is 1220. The van der Waals surface area contributed by atoms with Crippen molar-refractivity contribution in [3.05, 3.63) is 36.0 Å². The lowest BCUT2D eigenvalue weighted by molar-refractivity contribution is -0.138. The van der Waals surface area contributed by atoms with E-state index < -0.39 is 37.3 Å². The summed E-state index contributed by atoms with van der Waals surface area (Å²) in [6, 6.07) is 6.26. The van der Waals surface area contributed by atoms with Gasteiger partial charge in [0.05, 0.1) is 0 Å². The number of carbonyl (C=O) groups is 3. The number of aromatic amines is 1. The maximum atomic E-state index is 13.1. The zero-order chi connectivity index (χ0) is 30.2. The Balaban J connectivity index is 0.000000575. The minimum Gasteiger partial charge on any atom is -0.361 e. The molecule has 2 aromatic rings. The van der Waals surface area contributed by atoms with Gasteiger partial charge in [0.25, 0.3) is 0 Å². The van der Waals surface area contributed by atoms with E-state index in [-0.39, 0.29) is 24.7 Å². The van der Waals surface area contributed by atoms with Gasteiger partial charge >= 0.3 is 7.60 Å². The number of nitrogens with zero attached hydrogens (tertiary/aromatic N) is 1. The molecular formula is C29H46N5O6P. The van der Waals surface area contributed by atoms with Crippen LogP contribution in [0.3, 0.4) is 0 Å². The van der Waals surface area contributed by atoms with E-state index in [1.54, 1.807) is 6.20 Å². The Morgan fingerprint density at radius 1 is 1.07 bits per heavy atom. The average molecular weight is 592 g/mol. The topological polar surface area (TPSA) is 178 Å². The summed E-state index contributed by atoms with van der Waals surface area (Å²) in [5.41, 5.74) is 7.12. The number of likely N-dealkylation sites (tertiary alicyclic amines) is 1. The van der Waals surface area contributed by atoms with Gasteiger partial charge in [0.2, 0.25) is 17.7 Å². The average Bonchev–Trinajstić information content (AvgIpc) is 3.56. The molecule has 12 heteroatoms. The molecule has 0 spiro atoms.